The summed E-state index contributed by atoms with van der Waals surface area (Å²) in [5, 5.41) is 0. The van der Waals surface area contributed by atoms with Crippen LogP contribution in [0.5, 0.6) is 0 Å². The maximum Gasteiger partial charge on any atom is 0.0403 e. The summed E-state index contributed by atoms with van der Waals surface area (Å²) in [7, 11) is 0. The molecule has 2 heteroatoms. The van der Waals surface area contributed by atoms with Gasteiger partial charge in [0.05, 0.1) is 0 Å². The second-order valence-corrected chi connectivity index (χ2v) is 6.68. The van der Waals surface area contributed by atoms with Crippen molar-refractivity contribution in [1.82, 2.24) is 9.97 Å². The van der Waals surface area contributed by atoms with Crippen molar-refractivity contribution in [2.75, 3.05) is 0 Å². The van der Waals surface area contributed by atoms with Crippen LogP contribution in [0.1, 0.15) is 75.6 Å². The Balaban J connectivity index is 1.32. The average Bonchev–Trinajstić information content (AvgIpc) is 2.64. The van der Waals surface area contributed by atoms with Crippen LogP contribution < -0.4 is 0 Å². The molecule has 24 heavy (non-hydrogen) atoms. The van der Waals surface area contributed by atoms with Crippen LogP contribution in [0, 0.1) is 0 Å². The van der Waals surface area contributed by atoms with Crippen molar-refractivity contribution in [2.45, 2.75) is 77.0 Å². The molecule has 2 heterocycles. The molecule has 0 saturated carbocycles. The standard InChI is InChI=1S/C22H32N2/c1(3-5-7-9-15-21-17-11-13-19-23-21)2-4-6-8-10-16-22-18-12-14-20-24-22/h11-14,17-20H,1-10,15-16H2. The van der Waals surface area contributed by atoms with E-state index in [1.54, 1.807) is 0 Å². The Hall–Kier alpha value is -1.70. The van der Waals surface area contributed by atoms with Gasteiger partial charge in [-0.2, -0.15) is 0 Å². The van der Waals surface area contributed by atoms with E-state index in [2.05, 4.69) is 34.2 Å². The number of hydrogen-bond donors (Lipinski definition) is 0. The Morgan fingerprint density at radius 2 is 0.833 bits per heavy atom. The highest BCUT2D eigenvalue weighted by atomic mass is 14.7. The van der Waals surface area contributed by atoms with Gasteiger partial charge >= 0.3 is 0 Å². The monoisotopic (exact) mass is 324 g/mol. The Labute approximate surface area is 147 Å². The quantitative estimate of drug-likeness (QED) is 0.412. The van der Waals surface area contributed by atoms with Gasteiger partial charge in [-0.15, -0.1) is 0 Å². The summed E-state index contributed by atoms with van der Waals surface area (Å²) in [6.07, 6.45) is 19.7. The zero-order valence-corrected chi connectivity index (χ0v) is 15.0. The van der Waals surface area contributed by atoms with Crippen molar-refractivity contribution in [1.29, 1.82) is 0 Å². The first-order valence-corrected chi connectivity index (χ1v) is 9.75. The minimum absolute atomic E-state index is 1.14. The zero-order chi connectivity index (χ0) is 16.7. The van der Waals surface area contributed by atoms with Crippen LogP contribution in [-0.4, -0.2) is 9.97 Å². The van der Waals surface area contributed by atoms with E-state index in [0.717, 1.165) is 12.8 Å². The van der Waals surface area contributed by atoms with Gasteiger partial charge in [-0.25, -0.2) is 0 Å². The molecule has 2 rings (SSSR count). The molecular formula is C22H32N2. The predicted molar refractivity (Wildman–Crippen MR) is 102 cm³/mol. The fourth-order valence-electron chi connectivity index (χ4n) is 3.12. The molecule has 2 nitrogen and oxygen atoms in total. The number of unbranched alkanes of at least 4 members (excludes halogenated alkanes) is 9. The summed E-state index contributed by atoms with van der Waals surface area (Å²) in [6.45, 7) is 0. The molecule has 0 amide bonds. The van der Waals surface area contributed by atoms with E-state index in [1.807, 2.05) is 24.5 Å². The lowest BCUT2D eigenvalue weighted by molar-refractivity contribution is 0.550. The smallest absolute Gasteiger partial charge is 0.0403 e. The predicted octanol–water partition coefficient (Wildman–Crippen LogP) is 6.16. The van der Waals surface area contributed by atoms with Crippen molar-refractivity contribution in [3.05, 3.63) is 60.2 Å². The van der Waals surface area contributed by atoms with E-state index in [-0.39, 0.29) is 0 Å². The summed E-state index contributed by atoms with van der Waals surface area (Å²) in [4.78, 5) is 8.75. The molecule has 0 spiro atoms. The number of nitrogens with zero attached hydrogens (tertiary/aromatic N) is 2. The van der Waals surface area contributed by atoms with E-state index < -0.39 is 0 Å². The Bertz CT molecular complexity index is 461. The third-order valence-corrected chi connectivity index (χ3v) is 4.57. The number of rotatable bonds is 13. The van der Waals surface area contributed by atoms with Crippen molar-refractivity contribution >= 4 is 0 Å². The van der Waals surface area contributed by atoms with Crippen LogP contribution in [0.4, 0.5) is 0 Å². The Morgan fingerprint density at radius 3 is 1.17 bits per heavy atom. The van der Waals surface area contributed by atoms with Gasteiger partial charge in [-0.1, -0.05) is 63.5 Å². The normalized spacial score (nSPS) is 10.8. The van der Waals surface area contributed by atoms with E-state index in [1.165, 1.54) is 75.6 Å². The lowest BCUT2D eigenvalue weighted by Gasteiger charge is -2.03. The maximum absolute atomic E-state index is 4.38. The molecule has 0 unspecified atom stereocenters. The molecule has 0 saturated heterocycles. The van der Waals surface area contributed by atoms with Crippen molar-refractivity contribution < 1.29 is 0 Å². The summed E-state index contributed by atoms with van der Waals surface area (Å²) >= 11 is 0. The first kappa shape index (κ1) is 18.6. The summed E-state index contributed by atoms with van der Waals surface area (Å²) in [6, 6.07) is 12.4. The fourth-order valence-corrected chi connectivity index (χ4v) is 3.12. The molecule has 130 valence electrons. The molecule has 0 radical (unpaired) electrons. The van der Waals surface area contributed by atoms with Crippen LogP contribution in [0.25, 0.3) is 0 Å². The highest BCUT2D eigenvalue weighted by molar-refractivity contribution is 5.03. The summed E-state index contributed by atoms with van der Waals surface area (Å²) in [5.41, 5.74) is 2.48. The second-order valence-electron chi connectivity index (χ2n) is 6.68. The molecule has 0 aromatic carbocycles. The van der Waals surface area contributed by atoms with Crippen LogP contribution in [0.3, 0.4) is 0 Å². The summed E-state index contributed by atoms with van der Waals surface area (Å²) < 4.78 is 0. The average molecular weight is 325 g/mol. The van der Waals surface area contributed by atoms with Gasteiger partial charge in [0, 0.05) is 23.8 Å². The zero-order valence-electron chi connectivity index (χ0n) is 15.0. The second kappa shape index (κ2) is 12.7. The van der Waals surface area contributed by atoms with Gasteiger partial charge in [0.2, 0.25) is 0 Å². The van der Waals surface area contributed by atoms with E-state index in [0.29, 0.717) is 0 Å². The Morgan fingerprint density at radius 1 is 0.458 bits per heavy atom. The van der Waals surface area contributed by atoms with Crippen LogP contribution in [-0.2, 0) is 12.8 Å². The van der Waals surface area contributed by atoms with Crippen molar-refractivity contribution in [2.24, 2.45) is 0 Å². The highest BCUT2D eigenvalue weighted by Crippen LogP contribution is 2.12. The minimum atomic E-state index is 1.14. The molecule has 0 fully saturated rings. The first-order chi connectivity index (χ1) is 11.9. The molecule has 0 N–H and O–H groups in total. The third kappa shape index (κ3) is 8.81. The van der Waals surface area contributed by atoms with Crippen molar-refractivity contribution in [3.63, 3.8) is 0 Å². The largest absolute Gasteiger partial charge is 0.261 e. The molecule has 2 aromatic heterocycles. The van der Waals surface area contributed by atoms with Crippen LogP contribution >= 0.6 is 0 Å². The van der Waals surface area contributed by atoms with Crippen LogP contribution in [0.15, 0.2) is 48.8 Å². The van der Waals surface area contributed by atoms with Crippen LogP contribution in [0.2, 0.25) is 0 Å². The highest BCUT2D eigenvalue weighted by Gasteiger charge is 1.96. The molecule has 2 aromatic rings. The molecule has 0 bridgehead atoms. The molecule has 0 aliphatic rings. The van der Waals surface area contributed by atoms with Gasteiger partial charge in [0.25, 0.3) is 0 Å². The first-order valence-electron chi connectivity index (χ1n) is 9.75. The van der Waals surface area contributed by atoms with Gasteiger partial charge in [0.15, 0.2) is 0 Å². The van der Waals surface area contributed by atoms with Gasteiger partial charge in [-0.05, 0) is 49.9 Å². The fraction of sp³-hybridized carbons (Fsp3) is 0.545. The third-order valence-electron chi connectivity index (χ3n) is 4.57. The number of pyridine rings is 2. The molecule has 0 aliphatic carbocycles. The van der Waals surface area contributed by atoms with E-state index in [9.17, 15) is 0 Å². The van der Waals surface area contributed by atoms with E-state index >= 15 is 0 Å². The number of aromatic nitrogens is 2. The van der Waals surface area contributed by atoms with Gasteiger partial charge in [0.1, 0.15) is 0 Å². The van der Waals surface area contributed by atoms with Gasteiger partial charge < -0.3 is 0 Å². The topological polar surface area (TPSA) is 25.8 Å². The SMILES string of the molecule is c1ccc(CCCCCCCCCCCCc2ccccn2)nc1. The number of aryl methyl sites for hydroxylation is 2. The molecule has 0 atom stereocenters. The maximum atomic E-state index is 4.38. The van der Waals surface area contributed by atoms with E-state index in [4.69, 9.17) is 0 Å². The minimum Gasteiger partial charge on any atom is -0.261 e. The Kier molecular flexibility index (Phi) is 9.85. The van der Waals surface area contributed by atoms with Gasteiger partial charge in [-0.3, -0.25) is 9.97 Å². The molecule has 0 aliphatic heterocycles. The lowest BCUT2D eigenvalue weighted by atomic mass is 10.0. The lowest BCUT2D eigenvalue weighted by Crippen LogP contribution is -1.90. The molecular weight excluding hydrogens is 292 g/mol. The van der Waals surface area contributed by atoms with Crippen molar-refractivity contribution in [3.8, 4) is 0 Å². The summed E-state index contributed by atoms with van der Waals surface area (Å²) in [5.74, 6) is 0. The number of hydrogen-bond acceptors (Lipinski definition) is 2.